The summed E-state index contributed by atoms with van der Waals surface area (Å²) in [4.78, 5) is 20.5. The number of fused-ring (bicyclic) bond motifs is 1. The third-order valence-corrected chi connectivity index (χ3v) is 4.87. The SMILES string of the molecule is O=C(NC(=S)Nc1ccc(Cc2nc3cc(Cl)cc(Cl)c3o2)cc1)c1cccnc1. The van der Waals surface area contributed by atoms with Crippen molar-refractivity contribution in [1.82, 2.24) is 15.3 Å². The van der Waals surface area contributed by atoms with Crippen LogP contribution < -0.4 is 10.6 Å². The molecule has 0 unspecified atom stereocenters. The molecule has 0 radical (unpaired) electrons. The molecule has 6 nitrogen and oxygen atoms in total. The van der Waals surface area contributed by atoms with Crippen LogP contribution in [0.1, 0.15) is 21.8 Å². The molecule has 4 rings (SSSR count). The predicted octanol–water partition coefficient (Wildman–Crippen LogP) is 5.25. The van der Waals surface area contributed by atoms with Crippen LogP contribution in [-0.4, -0.2) is 21.0 Å². The molecule has 2 aromatic heterocycles. The van der Waals surface area contributed by atoms with Gasteiger partial charge in [0.2, 0.25) is 0 Å². The highest BCUT2D eigenvalue weighted by Gasteiger charge is 2.12. The lowest BCUT2D eigenvalue weighted by Crippen LogP contribution is -2.34. The van der Waals surface area contributed by atoms with Crippen LogP contribution in [0.4, 0.5) is 5.69 Å². The standard InChI is InChI=1S/C21H14Cl2N4O2S/c22-14-9-16(23)19-17(10-14)26-18(29-19)8-12-3-5-15(6-4-12)25-21(30)27-20(28)13-2-1-7-24-11-13/h1-7,9-11H,8H2,(H2,25,27,28,30). The summed E-state index contributed by atoms with van der Waals surface area (Å²) in [6, 6.07) is 14.2. The number of carbonyl (C=O) groups is 1. The molecule has 0 aliphatic heterocycles. The van der Waals surface area contributed by atoms with Gasteiger partial charge in [-0.15, -0.1) is 0 Å². The van der Waals surface area contributed by atoms with Crippen LogP contribution in [0.3, 0.4) is 0 Å². The van der Waals surface area contributed by atoms with E-state index in [9.17, 15) is 4.79 Å². The average molecular weight is 457 g/mol. The van der Waals surface area contributed by atoms with Gasteiger partial charge in [-0.2, -0.15) is 0 Å². The van der Waals surface area contributed by atoms with Gasteiger partial charge in [0, 0.05) is 29.5 Å². The fraction of sp³-hybridized carbons (Fsp3) is 0.0476. The number of nitrogens with one attached hydrogen (secondary N) is 2. The molecule has 0 aliphatic rings. The maximum absolute atomic E-state index is 12.1. The van der Waals surface area contributed by atoms with E-state index in [1.54, 1.807) is 30.5 Å². The maximum Gasteiger partial charge on any atom is 0.258 e. The second kappa shape index (κ2) is 8.79. The molecule has 9 heteroatoms. The van der Waals surface area contributed by atoms with Gasteiger partial charge in [-0.25, -0.2) is 4.98 Å². The van der Waals surface area contributed by atoms with Gasteiger partial charge >= 0.3 is 0 Å². The van der Waals surface area contributed by atoms with Crippen LogP contribution in [0.15, 0.2) is 65.3 Å². The predicted molar refractivity (Wildman–Crippen MR) is 121 cm³/mol. The van der Waals surface area contributed by atoms with Gasteiger partial charge in [-0.1, -0.05) is 35.3 Å². The molecule has 0 atom stereocenters. The average Bonchev–Trinajstić information content (AvgIpc) is 3.12. The number of aromatic nitrogens is 2. The monoisotopic (exact) mass is 456 g/mol. The Morgan fingerprint density at radius 2 is 1.93 bits per heavy atom. The highest BCUT2D eigenvalue weighted by molar-refractivity contribution is 7.80. The molecular formula is C21H14Cl2N4O2S. The van der Waals surface area contributed by atoms with Crippen molar-refractivity contribution < 1.29 is 9.21 Å². The lowest BCUT2D eigenvalue weighted by atomic mass is 10.1. The Hall–Kier alpha value is -3.00. The van der Waals surface area contributed by atoms with E-state index in [1.165, 1.54) is 6.20 Å². The number of thiocarbonyl (C=S) groups is 1. The van der Waals surface area contributed by atoms with Crippen molar-refractivity contribution in [2.45, 2.75) is 6.42 Å². The van der Waals surface area contributed by atoms with E-state index in [2.05, 4.69) is 20.6 Å². The lowest BCUT2D eigenvalue weighted by Gasteiger charge is -2.10. The molecule has 0 spiro atoms. The quantitative estimate of drug-likeness (QED) is 0.408. The van der Waals surface area contributed by atoms with Crippen molar-refractivity contribution in [1.29, 1.82) is 0 Å². The fourth-order valence-corrected chi connectivity index (χ4v) is 3.53. The summed E-state index contributed by atoms with van der Waals surface area (Å²) in [6.45, 7) is 0. The molecule has 0 bridgehead atoms. The summed E-state index contributed by atoms with van der Waals surface area (Å²) in [5.41, 5.74) is 3.29. The van der Waals surface area contributed by atoms with E-state index < -0.39 is 0 Å². The van der Waals surface area contributed by atoms with Gasteiger partial charge in [0.1, 0.15) is 5.52 Å². The van der Waals surface area contributed by atoms with Crippen LogP contribution in [-0.2, 0) is 6.42 Å². The molecule has 4 aromatic rings. The summed E-state index contributed by atoms with van der Waals surface area (Å²) >= 11 is 17.4. The van der Waals surface area contributed by atoms with Crippen LogP contribution >= 0.6 is 35.4 Å². The van der Waals surface area contributed by atoms with Gasteiger partial charge in [0.15, 0.2) is 16.6 Å². The van der Waals surface area contributed by atoms with E-state index in [-0.39, 0.29) is 11.0 Å². The van der Waals surface area contributed by atoms with Crippen LogP contribution in [0.2, 0.25) is 10.0 Å². The molecule has 2 aromatic carbocycles. The van der Waals surface area contributed by atoms with Crippen molar-refractivity contribution in [2.75, 3.05) is 5.32 Å². The van der Waals surface area contributed by atoms with Crippen molar-refractivity contribution in [2.24, 2.45) is 0 Å². The lowest BCUT2D eigenvalue weighted by molar-refractivity contribution is 0.0977. The minimum absolute atomic E-state index is 0.196. The van der Waals surface area contributed by atoms with Crippen molar-refractivity contribution >= 4 is 63.2 Å². The molecule has 0 aliphatic carbocycles. The second-order valence-electron chi connectivity index (χ2n) is 6.37. The third kappa shape index (κ3) is 4.76. The number of pyridine rings is 1. The molecule has 150 valence electrons. The zero-order valence-electron chi connectivity index (χ0n) is 15.4. The molecule has 2 heterocycles. The first kappa shape index (κ1) is 20.3. The number of hydrogen-bond donors (Lipinski definition) is 2. The summed E-state index contributed by atoms with van der Waals surface area (Å²) in [5, 5.41) is 6.73. The summed E-state index contributed by atoms with van der Waals surface area (Å²) in [5.74, 6) is 0.209. The van der Waals surface area contributed by atoms with Crippen LogP contribution in [0.5, 0.6) is 0 Å². The summed E-state index contributed by atoms with van der Waals surface area (Å²) < 4.78 is 5.75. The highest BCUT2D eigenvalue weighted by Crippen LogP contribution is 2.29. The number of hydrogen-bond acceptors (Lipinski definition) is 5. The highest BCUT2D eigenvalue weighted by atomic mass is 35.5. The zero-order valence-corrected chi connectivity index (χ0v) is 17.7. The summed E-state index contributed by atoms with van der Waals surface area (Å²) in [7, 11) is 0. The Bertz CT molecular complexity index is 1230. The number of rotatable bonds is 4. The number of oxazole rings is 1. The minimum atomic E-state index is -0.327. The minimum Gasteiger partial charge on any atom is -0.439 e. The first-order chi connectivity index (χ1) is 14.5. The number of benzene rings is 2. The number of halogens is 2. The third-order valence-electron chi connectivity index (χ3n) is 4.17. The van der Waals surface area contributed by atoms with Gasteiger partial charge in [0.25, 0.3) is 5.91 Å². The smallest absolute Gasteiger partial charge is 0.258 e. The van der Waals surface area contributed by atoms with Crippen molar-refractivity contribution in [3.05, 3.63) is 88.0 Å². The van der Waals surface area contributed by atoms with E-state index in [4.69, 9.17) is 39.8 Å². The van der Waals surface area contributed by atoms with Gasteiger partial charge in [-0.3, -0.25) is 15.1 Å². The Morgan fingerprint density at radius 3 is 2.67 bits per heavy atom. The van der Waals surface area contributed by atoms with Gasteiger partial charge < -0.3 is 9.73 Å². The van der Waals surface area contributed by atoms with Crippen molar-refractivity contribution in [3.63, 3.8) is 0 Å². The van der Waals surface area contributed by atoms with Crippen molar-refractivity contribution in [3.8, 4) is 0 Å². The zero-order chi connectivity index (χ0) is 21.1. The fourth-order valence-electron chi connectivity index (χ4n) is 2.80. The van der Waals surface area contributed by atoms with Gasteiger partial charge in [0.05, 0.1) is 10.6 Å². The first-order valence-electron chi connectivity index (χ1n) is 8.84. The maximum atomic E-state index is 12.1. The van der Waals surface area contributed by atoms with E-state index in [0.717, 1.165) is 11.3 Å². The number of nitrogens with zero attached hydrogens (tertiary/aromatic N) is 2. The number of amides is 1. The Balaban J connectivity index is 1.39. The molecule has 30 heavy (non-hydrogen) atoms. The molecule has 2 N–H and O–H groups in total. The van der Waals surface area contributed by atoms with E-state index >= 15 is 0 Å². The van der Waals surface area contributed by atoms with E-state index in [1.807, 2.05) is 24.3 Å². The normalized spacial score (nSPS) is 10.7. The topological polar surface area (TPSA) is 80.0 Å². The number of carbonyl (C=O) groups excluding carboxylic acids is 1. The van der Waals surface area contributed by atoms with Gasteiger partial charge in [-0.05, 0) is 54.2 Å². The van der Waals surface area contributed by atoms with Crippen LogP contribution in [0, 0.1) is 0 Å². The Labute approximate surface area is 187 Å². The molecule has 0 saturated carbocycles. The largest absolute Gasteiger partial charge is 0.439 e. The summed E-state index contributed by atoms with van der Waals surface area (Å²) in [6.07, 6.45) is 3.56. The molecular weight excluding hydrogens is 443 g/mol. The second-order valence-corrected chi connectivity index (χ2v) is 7.62. The molecule has 0 fully saturated rings. The Kier molecular flexibility index (Phi) is 5.94. The molecule has 1 amide bonds. The number of anilines is 1. The Morgan fingerprint density at radius 1 is 1.13 bits per heavy atom. The first-order valence-corrected chi connectivity index (χ1v) is 10.00. The van der Waals surface area contributed by atoms with Crippen LogP contribution in [0.25, 0.3) is 11.1 Å². The molecule has 0 saturated heterocycles. The van der Waals surface area contributed by atoms with E-state index in [0.29, 0.717) is 39.0 Å².